The Balaban J connectivity index is 2.84. The number of esters is 1. The molecule has 2 amide bonds. The summed E-state index contributed by atoms with van der Waals surface area (Å²) >= 11 is 0. The van der Waals surface area contributed by atoms with Crippen LogP contribution in [0.25, 0.3) is 0 Å². The maximum atomic E-state index is 13.4. The second kappa shape index (κ2) is 7.32. The molecular formula is C13H14F2N2O4. The Morgan fingerprint density at radius 1 is 1.33 bits per heavy atom. The highest BCUT2D eigenvalue weighted by atomic mass is 19.2. The quantitative estimate of drug-likeness (QED) is 0.747. The minimum absolute atomic E-state index is 0.0940. The lowest BCUT2D eigenvalue weighted by Gasteiger charge is -2.15. The third kappa shape index (κ3) is 4.51. The number of amides is 2. The van der Waals surface area contributed by atoms with E-state index < -0.39 is 47.4 Å². The molecule has 0 saturated heterocycles. The Hall–Kier alpha value is -2.51. The predicted molar refractivity (Wildman–Crippen MR) is 68.1 cm³/mol. The van der Waals surface area contributed by atoms with Gasteiger partial charge in [-0.3, -0.25) is 14.4 Å². The largest absolute Gasteiger partial charge is 0.466 e. The van der Waals surface area contributed by atoms with Crippen LogP contribution in [0.2, 0.25) is 0 Å². The number of primary amides is 1. The first-order chi connectivity index (χ1) is 9.86. The molecule has 0 fully saturated rings. The maximum absolute atomic E-state index is 13.4. The Morgan fingerprint density at radius 3 is 2.57 bits per heavy atom. The summed E-state index contributed by atoms with van der Waals surface area (Å²) < 4.78 is 31.1. The van der Waals surface area contributed by atoms with Gasteiger partial charge in [0.1, 0.15) is 6.04 Å². The lowest BCUT2D eigenvalue weighted by molar-refractivity contribution is -0.145. The molecule has 0 aliphatic rings. The van der Waals surface area contributed by atoms with E-state index in [1.54, 1.807) is 6.92 Å². The molecule has 8 heteroatoms. The van der Waals surface area contributed by atoms with Crippen molar-refractivity contribution in [1.82, 2.24) is 5.32 Å². The average molecular weight is 300 g/mol. The van der Waals surface area contributed by atoms with Gasteiger partial charge in [0, 0.05) is 0 Å². The summed E-state index contributed by atoms with van der Waals surface area (Å²) in [6.45, 7) is 1.66. The van der Waals surface area contributed by atoms with E-state index in [-0.39, 0.29) is 6.61 Å². The number of halogens is 2. The number of benzene rings is 1. The number of rotatable bonds is 6. The van der Waals surface area contributed by atoms with Crippen LogP contribution in [0, 0.1) is 11.6 Å². The zero-order valence-corrected chi connectivity index (χ0v) is 11.2. The van der Waals surface area contributed by atoms with Gasteiger partial charge in [-0.15, -0.1) is 0 Å². The Morgan fingerprint density at radius 2 is 2.00 bits per heavy atom. The fourth-order valence-corrected chi connectivity index (χ4v) is 1.52. The van der Waals surface area contributed by atoms with Crippen LogP contribution in [-0.4, -0.2) is 30.4 Å². The van der Waals surface area contributed by atoms with Gasteiger partial charge in [-0.1, -0.05) is 6.07 Å². The van der Waals surface area contributed by atoms with Gasteiger partial charge >= 0.3 is 5.97 Å². The zero-order chi connectivity index (χ0) is 16.0. The molecular weight excluding hydrogens is 286 g/mol. The van der Waals surface area contributed by atoms with Crippen LogP contribution in [0.5, 0.6) is 0 Å². The highest BCUT2D eigenvalue weighted by Crippen LogP contribution is 2.11. The van der Waals surface area contributed by atoms with Crippen molar-refractivity contribution in [1.29, 1.82) is 0 Å². The van der Waals surface area contributed by atoms with Crippen LogP contribution in [0.3, 0.4) is 0 Å². The smallest absolute Gasteiger partial charge is 0.308 e. The third-order valence-electron chi connectivity index (χ3n) is 2.52. The molecule has 0 aromatic heterocycles. The summed E-state index contributed by atoms with van der Waals surface area (Å²) in [5, 5.41) is 2.07. The number of hydrogen-bond acceptors (Lipinski definition) is 4. The molecule has 1 rings (SSSR count). The molecule has 0 aliphatic carbocycles. The van der Waals surface area contributed by atoms with E-state index in [0.717, 1.165) is 18.2 Å². The van der Waals surface area contributed by atoms with Gasteiger partial charge < -0.3 is 15.8 Å². The number of ether oxygens (including phenoxy) is 1. The molecule has 3 N–H and O–H groups in total. The molecule has 1 atom stereocenters. The molecule has 1 aromatic rings. The van der Waals surface area contributed by atoms with Crippen LogP contribution >= 0.6 is 0 Å². The predicted octanol–water partition coefficient (Wildman–Crippen LogP) is 0.502. The van der Waals surface area contributed by atoms with E-state index in [1.165, 1.54) is 0 Å². The van der Waals surface area contributed by atoms with Gasteiger partial charge in [-0.25, -0.2) is 8.78 Å². The van der Waals surface area contributed by atoms with Crippen molar-refractivity contribution in [2.24, 2.45) is 5.73 Å². The standard InChI is InChI=1S/C13H14F2N2O4/c1-2-21-10(18)6-9(12(16)19)17-13(20)7-4-3-5-8(14)11(7)15/h3-5,9H,2,6H2,1H3,(H2,16,19)(H,17,20)/t9-/m1/s1. The number of nitrogens with two attached hydrogens (primary N) is 1. The minimum atomic E-state index is -1.38. The minimum Gasteiger partial charge on any atom is -0.466 e. The molecule has 0 spiro atoms. The van der Waals surface area contributed by atoms with Gasteiger partial charge in [-0.05, 0) is 19.1 Å². The van der Waals surface area contributed by atoms with Crippen molar-refractivity contribution in [2.45, 2.75) is 19.4 Å². The fourth-order valence-electron chi connectivity index (χ4n) is 1.52. The number of carbonyl (C=O) groups excluding carboxylic acids is 3. The summed E-state index contributed by atoms with van der Waals surface area (Å²) in [7, 11) is 0. The van der Waals surface area contributed by atoms with Crippen LogP contribution < -0.4 is 11.1 Å². The van der Waals surface area contributed by atoms with Gasteiger partial charge in [0.2, 0.25) is 5.91 Å². The number of hydrogen-bond donors (Lipinski definition) is 2. The van der Waals surface area contributed by atoms with E-state index in [1.807, 2.05) is 0 Å². The second-order valence-corrected chi connectivity index (χ2v) is 4.04. The zero-order valence-electron chi connectivity index (χ0n) is 11.2. The SMILES string of the molecule is CCOC(=O)C[C@@H](NC(=O)c1cccc(F)c1F)C(N)=O. The Kier molecular flexibility index (Phi) is 5.77. The monoisotopic (exact) mass is 300 g/mol. The van der Waals surface area contributed by atoms with E-state index in [9.17, 15) is 23.2 Å². The maximum Gasteiger partial charge on any atom is 0.308 e. The summed E-state index contributed by atoms with van der Waals surface area (Å²) in [6.07, 6.45) is -0.494. The van der Waals surface area contributed by atoms with E-state index in [0.29, 0.717) is 0 Å². The molecule has 21 heavy (non-hydrogen) atoms. The molecule has 0 saturated carbocycles. The lowest BCUT2D eigenvalue weighted by Crippen LogP contribution is -2.46. The van der Waals surface area contributed by atoms with Crippen LogP contribution in [0.15, 0.2) is 18.2 Å². The molecule has 1 aromatic carbocycles. The van der Waals surface area contributed by atoms with Crippen LogP contribution in [0.4, 0.5) is 8.78 Å². The first-order valence-corrected chi connectivity index (χ1v) is 6.06. The van der Waals surface area contributed by atoms with Gasteiger partial charge in [0.05, 0.1) is 18.6 Å². The van der Waals surface area contributed by atoms with E-state index >= 15 is 0 Å². The molecule has 0 radical (unpaired) electrons. The third-order valence-corrected chi connectivity index (χ3v) is 2.52. The highest BCUT2D eigenvalue weighted by Gasteiger charge is 2.24. The van der Waals surface area contributed by atoms with Crippen molar-refractivity contribution in [3.05, 3.63) is 35.4 Å². The van der Waals surface area contributed by atoms with Crippen LogP contribution in [-0.2, 0) is 14.3 Å². The molecule has 114 valence electrons. The highest BCUT2D eigenvalue weighted by molar-refractivity contribution is 5.98. The van der Waals surface area contributed by atoms with Gasteiger partial charge in [0.25, 0.3) is 5.91 Å². The Bertz CT molecular complexity index is 563. The summed E-state index contributed by atoms with van der Waals surface area (Å²) in [4.78, 5) is 34.3. The Labute approximate surface area is 119 Å². The van der Waals surface area contributed by atoms with Crippen molar-refractivity contribution in [3.8, 4) is 0 Å². The van der Waals surface area contributed by atoms with Crippen molar-refractivity contribution in [3.63, 3.8) is 0 Å². The fraction of sp³-hybridized carbons (Fsp3) is 0.308. The number of carbonyl (C=O) groups is 3. The summed E-state index contributed by atoms with van der Waals surface area (Å²) in [5.74, 6) is -5.35. The van der Waals surface area contributed by atoms with E-state index in [4.69, 9.17) is 5.73 Å². The summed E-state index contributed by atoms with van der Waals surface area (Å²) in [5.41, 5.74) is 4.45. The first kappa shape index (κ1) is 16.5. The molecule has 0 aliphatic heterocycles. The average Bonchev–Trinajstić information content (AvgIpc) is 2.41. The van der Waals surface area contributed by atoms with Crippen molar-refractivity contribution >= 4 is 17.8 Å². The topological polar surface area (TPSA) is 98.5 Å². The van der Waals surface area contributed by atoms with Crippen molar-refractivity contribution in [2.75, 3.05) is 6.61 Å². The normalized spacial score (nSPS) is 11.6. The molecule has 0 heterocycles. The van der Waals surface area contributed by atoms with E-state index in [2.05, 4.69) is 10.1 Å². The molecule has 6 nitrogen and oxygen atoms in total. The van der Waals surface area contributed by atoms with Gasteiger partial charge in [0.15, 0.2) is 11.6 Å². The molecule has 0 unspecified atom stereocenters. The second-order valence-electron chi connectivity index (χ2n) is 4.04. The van der Waals surface area contributed by atoms with Crippen molar-refractivity contribution < 1.29 is 27.9 Å². The lowest BCUT2D eigenvalue weighted by atomic mass is 10.1. The summed E-state index contributed by atoms with van der Waals surface area (Å²) in [6, 6.07) is 1.64. The first-order valence-electron chi connectivity index (χ1n) is 6.06. The van der Waals surface area contributed by atoms with Gasteiger partial charge in [-0.2, -0.15) is 0 Å². The van der Waals surface area contributed by atoms with Crippen LogP contribution in [0.1, 0.15) is 23.7 Å². The molecule has 0 bridgehead atoms. The number of nitrogens with one attached hydrogen (secondary N) is 1.